The number of rotatable bonds is 3. The number of hydrogen-bond acceptors (Lipinski definition) is 6. The summed E-state index contributed by atoms with van der Waals surface area (Å²) in [5.74, 6) is 1.10. The van der Waals surface area contributed by atoms with E-state index < -0.39 is 0 Å². The molecular weight excluding hydrogens is 413 g/mol. The number of anilines is 1. The third-order valence-electron chi connectivity index (χ3n) is 6.08. The Morgan fingerprint density at radius 3 is 2.29 bits per heavy atom. The molecule has 4 heterocycles. The van der Waals surface area contributed by atoms with Crippen LogP contribution in [0.15, 0.2) is 30.3 Å². The van der Waals surface area contributed by atoms with Crippen molar-refractivity contribution in [3.8, 4) is 10.4 Å². The van der Waals surface area contributed by atoms with E-state index >= 15 is 0 Å². The molecule has 160 valence electrons. The average Bonchev–Trinajstić information content (AvgIpc) is 3.40. The van der Waals surface area contributed by atoms with Gasteiger partial charge in [-0.3, -0.25) is 4.79 Å². The van der Waals surface area contributed by atoms with E-state index in [-0.39, 0.29) is 11.7 Å². The van der Waals surface area contributed by atoms with Crippen LogP contribution in [-0.4, -0.2) is 51.9 Å². The van der Waals surface area contributed by atoms with Gasteiger partial charge < -0.3 is 9.80 Å². The van der Waals surface area contributed by atoms with Crippen LogP contribution in [0.4, 0.5) is 10.3 Å². The summed E-state index contributed by atoms with van der Waals surface area (Å²) in [6.07, 6.45) is 0. The van der Waals surface area contributed by atoms with Gasteiger partial charge in [-0.1, -0.05) is 18.2 Å². The molecule has 2 saturated heterocycles. The van der Waals surface area contributed by atoms with Gasteiger partial charge in [0.15, 0.2) is 0 Å². The molecule has 0 unspecified atom stereocenters. The van der Waals surface area contributed by atoms with Gasteiger partial charge >= 0.3 is 0 Å². The van der Waals surface area contributed by atoms with Crippen molar-refractivity contribution in [2.24, 2.45) is 11.8 Å². The van der Waals surface area contributed by atoms with Crippen LogP contribution in [-0.2, 0) is 0 Å². The number of fused-ring (bicyclic) bond motifs is 1. The summed E-state index contributed by atoms with van der Waals surface area (Å²) in [6, 6.07) is 8.54. The Hall–Kier alpha value is -2.87. The molecule has 2 aromatic heterocycles. The van der Waals surface area contributed by atoms with E-state index in [1.807, 2.05) is 31.7 Å². The first kappa shape index (κ1) is 20.1. The van der Waals surface area contributed by atoms with Gasteiger partial charge in [0, 0.05) is 55.0 Å². The molecule has 8 heteroatoms. The summed E-state index contributed by atoms with van der Waals surface area (Å²) in [5, 5.41) is 0.763. The molecule has 3 aromatic rings. The standard InChI is InChI=1S/C23H24FN5OS/c1-13-8-14(2)26-23(25-13)29-11-16-9-28(10-17(16)12-29)22(30)20-21(31-15(3)27-20)18-6-4-5-7-19(18)24/h4-8,16-17H,9-12H2,1-3H3/t16-,17-/m1/s1. The zero-order chi connectivity index (χ0) is 21.7. The number of nitrogens with zero attached hydrogens (tertiary/aromatic N) is 5. The quantitative estimate of drug-likeness (QED) is 0.622. The molecule has 2 aliphatic heterocycles. The van der Waals surface area contributed by atoms with Gasteiger partial charge in [-0.15, -0.1) is 11.3 Å². The van der Waals surface area contributed by atoms with Gasteiger partial charge in [0.2, 0.25) is 5.95 Å². The Morgan fingerprint density at radius 1 is 1.00 bits per heavy atom. The van der Waals surface area contributed by atoms with E-state index in [0.717, 1.165) is 35.4 Å². The Bertz CT molecular complexity index is 1130. The molecule has 0 radical (unpaired) electrons. The summed E-state index contributed by atoms with van der Waals surface area (Å²) in [6.45, 7) is 8.86. The normalized spacial score (nSPS) is 20.4. The molecular formula is C23H24FN5OS. The van der Waals surface area contributed by atoms with Crippen molar-refractivity contribution in [2.45, 2.75) is 20.8 Å². The molecule has 1 aromatic carbocycles. The molecule has 0 N–H and O–H groups in total. The van der Waals surface area contributed by atoms with E-state index in [9.17, 15) is 9.18 Å². The summed E-state index contributed by atoms with van der Waals surface area (Å²) in [7, 11) is 0. The number of hydrogen-bond donors (Lipinski definition) is 0. The molecule has 2 fully saturated rings. The van der Waals surface area contributed by atoms with Crippen molar-refractivity contribution in [2.75, 3.05) is 31.1 Å². The smallest absolute Gasteiger partial charge is 0.274 e. The maximum absolute atomic E-state index is 14.4. The Labute approximate surface area is 184 Å². The lowest BCUT2D eigenvalue weighted by Gasteiger charge is -2.22. The van der Waals surface area contributed by atoms with Crippen LogP contribution in [0.3, 0.4) is 0 Å². The molecule has 5 rings (SSSR count). The number of carbonyl (C=O) groups is 1. The second kappa shape index (κ2) is 7.67. The Morgan fingerprint density at radius 2 is 1.65 bits per heavy atom. The highest BCUT2D eigenvalue weighted by Crippen LogP contribution is 2.36. The molecule has 1 amide bonds. The lowest BCUT2D eigenvalue weighted by atomic mass is 10.0. The predicted octanol–water partition coefficient (Wildman–Crippen LogP) is 3.87. The second-order valence-corrected chi connectivity index (χ2v) is 9.68. The minimum absolute atomic E-state index is 0.105. The minimum atomic E-state index is -0.331. The third kappa shape index (κ3) is 3.69. The van der Waals surface area contributed by atoms with Crippen LogP contribution in [0.2, 0.25) is 0 Å². The van der Waals surface area contributed by atoms with Gasteiger partial charge in [-0.25, -0.2) is 19.3 Å². The van der Waals surface area contributed by atoms with E-state index in [4.69, 9.17) is 0 Å². The third-order valence-corrected chi connectivity index (χ3v) is 7.09. The van der Waals surface area contributed by atoms with Crippen LogP contribution < -0.4 is 4.90 Å². The first-order valence-electron chi connectivity index (χ1n) is 10.5. The number of likely N-dealkylation sites (tertiary alicyclic amines) is 1. The van der Waals surface area contributed by atoms with Crippen LogP contribution in [0.25, 0.3) is 10.4 Å². The molecule has 2 aliphatic rings. The molecule has 0 saturated carbocycles. The van der Waals surface area contributed by atoms with Crippen molar-refractivity contribution in [3.63, 3.8) is 0 Å². The molecule has 0 bridgehead atoms. The highest BCUT2D eigenvalue weighted by molar-refractivity contribution is 7.15. The highest BCUT2D eigenvalue weighted by Gasteiger charge is 2.43. The molecule has 2 atom stereocenters. The SMILES string of the molecule is Cc1cc(C)nc(N2C[C@H]3CN(C(=O)c4nc(C)sc4-c4ccccc4F)C[C@@H]3C2)n1. The summed E-state index contributed by atoms with van der Waals surface area (Å²) < 4.78 is 14.4. The largest absolute Gasteiger partial charge is 0.340 e. The van der Waals surface area contributed by atoms with E-state index in [1.165, 1.54) is 17.4 Å². The predicted molar refractivity (Wildman–Crippen MR) is 119 cm³/mol. The first-order chi connectivity index (χ1) is 14.9. The maximum atomic E-state index is 14.4. The van der Waals surface area contributed by atoms with Gasteiger partial charge in [-0.05, 0) is 32.9 Å². The van der Waals surface area contributed by atoms with Gasteiger partial charge in [0.05, 0.1) is 9.88 Å². The van der Waals surface area contributed by atoms with E-state index in [2.05, 4.69) is 19.9 Å². The summed E-state index contributed by atoms with van der Waals surface area (Å²) >= 11 is 1.37. The number of aryl methyl sites for hydroxylation is 3. The topological polar surface area (TPSA) is 62.2 Å². The zero-order valence-electron chi connectivity index (χ0n) is 17.8. The molecule has 31 heavy (non-hydrogen) atoms. The van der Waals surface area contributed by atoms with E-state index in [1.54, 1.807) is 18.2 Å². The fourth-order valence-electron chi connectivity index (χ4n) is 4.72. The lowest BCUT2D eigenvalue weighted by molar-refractivity contribution is 0.0778. The lowest BCUT2D eigenvalue weighted by Crippen LogP contribution is -2.34. The zero-order valence-corrected chi connectivity index (χ0v) is 18.6. The van der Waals surface area contributed by atoms with Crippen molar-refractivity contribution in [1.82, 2.24) is 19.9 Å². The first-order valence-corrected chi connectivity index (χ1v) is 11.3. The number of thiazole rings is 1. The molecule has 6 nitrogen and oxygen atoms in total. The van der Waals surface area contributed by atoms with Gasteiger partial charge in [0.25, 0.3) is 5.91 Å². The fourth-order valence-corrected chi connectivity index (χ4v) is 5.66. The van der Waals surface area contributed by atoms with Crippen molar-refractivity contribution >= 4 is 23.2 Å². The minimum Gasteiger partial charge on any atom is -0.340 e. The summed E-state index contributed by atoms with van der Waals surface area (Å²) in [5.41, 5.74) is 2.74. The molecule has 0 aliphatic carbocycles. The van der Waals surface area contributed by atoms with Gasteiger partial charge in [0.1, 0.15) is 11.5 Å². The monoisotopic (exact) mass is 437 g/mol. The van der Waals surface area contributed by atoms with Crippen molar-refractivity contribution in [1.29, 1.82) is 0 Å². The Balaban J connectivity index is 1.34. The fraction of sp³-hybridized carbons (Fsp3) is 0.391. The molecule has 0 spiro atoms. The van der Waals surface area contributed by atoms with E-state index in [0.29, 0.717) is 41.1 Å². The van der Waals surface area contributed by atoms with Crippen molar-refractivity contribution in [3.05, 3.63) is 58.2 Å². The number of aromatic nitrogens is 3. The van der Waals surface area contributed by atoms with Crippen LogP contribution in [0.1, 0.15) is 26.9 Å². The average molecular weight is 438 g/mol. The number of amides is 1. The van der Waals surface area contributed by atoms with Crippen LogP contribution >= 0.6 is 11.3 Å². The Kier molecular flexibility index (Phi) is 4.97. The number of halogens is 1. The van der Waals surface area contributed by atoms with Crippen LogP contribution in [0, 0.1) is 38.4 Å². The summed E-state index contributed by atoms with van der Waals surface area (Å²) in [4.78, 5) is 31.7. The maximum Gasteiger partial charge on any atom is 0.274 e. The second-order valence-electron chi connectivity index (χ2n) is 8.48. The van der Waals surface area contributed by atoms with Crippen LogP contribution in [0.5, 0.6) is 0 Å². The van der Waals surface area contributed by atoms with Gasteiger partial charge in [-0.2, -0.15) is 0 Å². The number of benzene rings is 1. The highest BCUT2D eigenvalue weighted by atomic mass is 32.1. The van der Waals surface area contributed by atoms with Crippen molar-refractivity contribution < 1.29 is 9.18 Å². The number of carbonyl (C=O) groups excluding carboxylic acids is 1.